The van der Waals surface area contributed by atoms with E-state index in [1.54, 1.807) is 0 Å². The van der Waals surface area contributed by atoms with Crippen LogP contribution in [0.15, 0.2) is 0 Å². The minimum atomic E-state index is 0.974. The van der Waals surface area contributed by atoms with Crippen LogP contribution in [0, 0.1) is 5.92 Å². The third-order valence-electron chi connectivity index (χ3n) is 3.29. The van der Waals surface area contributed by atoms with Crippen molar-refractivity contribution in [2.45, 2.75) is 51.9 Å². The van der Waals surface area contributed by atoms with Crippen molar-refractivity contribution in [2.24, 2.45) is 5.92 Å². The van der Waals surface area contributed by atoms with Gasteiger partial charge in [-0.3, -0.25) is 0 Å². The van der Waals surface area contributed by atoms with Crippen LogP contribution < -0.4 is 10.6 Å². The summed E-state index contributed by atoms with van der Waals surface area (Å²) in [5.74, 6) is 0.974. The van der Waals surface area contributed by atoms with Crippen LogP contribution in [0.5, 0.6) is 0 Å². The van der Waals surface area contributed by atoms with E-state index < -0.39 is 0 Å². The maximum Gasteiger partial charge on any atom is -0.00205 e. The smallest absolute Gasteiger partial charge is 0.00205 e. The van der Waals surface area contributed by atoms with Gasteiger partial charge in [0.1, 0.15) is 0 Å². The summed E-state index contributed by atoms with van der Waals surface area (Å²) in [5, 5.41) is 7.03. The Kier molecular flexibility index (Phi) is 7.94. The molecule has 2 heteroatoms. The largest absolute Gasteiger partial charge is 0.317 e. The molecule has 2 nitrogen and oxygen atoms in total. The molecule has 0 aromatic carbocycles. The molecule has 1 rings (SSSR count). The predicted octanol–water partition coefficient (Wildman–Crippen LogP) is 2.55. The van der Waals surface area contributed by atoms with Gasteiger partial charge in [0.15, 0.2) is 0 Å². The number of hydrogen-bond donors (Lipinski definition) is 2. The van der Waals surface area contributed by atoms with E-state index >= 15 is 0 Å². The van der Waals surface area contributed by atoms with Crippen molar-refractivity contribution in [2.75, 3.05) is 26.2 Å². The summed E-state index contributed by atoms with van der Waals surface area (Å²) in [6, 6.07) is 0. The molecule has 0 aromatic rings. The molecular formula is C13H28N2. The van der Waals surface area contributed by atoms with E-state index in [2.05, 4.69) is 17.6 Å². The second-order valence-corrected chi connectivity index (χ2v) is 4.81. The molecule has 1 fully saturated rings. The normalized spacial score (nSPS) is 18.2. The second-order valence-electron chi connectivity index (χ2n) is 4.81. The molecule has 1 saturated carbocycles. The Morgan fingerprint density at radius 2 is 1.67 bits per heavy atom. The zero-order valence-electron chi connectivity index (χ0n) is 10.4. The lowest BCUT2D eigenvalue weighted by molar-refractivity contribution is 0.342. The fraction of sp³-hybridized carbons (Fsp3) is 1.00. The van der Waals surface area contributed by atoms with Crippen molar-refractivity contribution in [3.8, 4) is 0 Å². The predicted molar refractivity (Wildman–Crippen MR) is 67.2 cm³/mol. The van der Waals surface area contributed by atoms with Gasteiger partial charge < -0.3 is 10.6 Å². The Morgan fingerprint density at radius 1 is 0.933 bits per heavy atom. The van der Waals surface area contributed by atoms with Gasteiger partial charge in [0, 0.05) is 0 Å². The van der Waals surface area contributed by atoms with Crippen molar-refractivity contribution >= 4 is 0 Å². The van der Waals surface area contributed by atoms with Gasteiger partial charge in [-0.15, -0.1) is 0 Å². The van der Waals surface area contributed by atoms with Crippen LogP contribution in [-0.4, -0.2) is 26.2 Å². The molecule has 0 saturated heterocycles. The third kappa shape index (κ3) is 6.91. The summed E-state index contributed by atoms with van der Waals surface area (Å²) in [6.45, 7) is 7.00. The molecule has 2 N–H and O–H groups in total. The van der Waals surface area contributed by atoms with Gasteiger partial charge >= 0.3 is 0 Å². The summed E-state index contributed by atoms with van der Waals surface area (Å²) >= 11 is 0. The SMILES string of the molecule is CCCNCCCNCC1CCCCC1. The Morgan fingerprint density at radius 3 is 2.40 bits per heavy atom. The average molecular weight is 212 g/mol. The van der Waals surface area contributed by atoms with E-state index in [-0.39, 0.29) is 0 Å². The van der Waals surface area contributed by atoms with E-state index in [4.69, 9.17) is 0 Å². The van der Waals surface area contributed by atoms with Gasteiger partial charge in [0.05, 0.1) is 0 Å². The van der Waals surface area contributed by atoms with Crippen molar-refractivity contribution in [1.82, 2.24) is 10.6 Å². The summed E-state index contributed by atoms with van der Waals surface area (Å²) in [7, 11) is 0. The van der Waals surface area contributed by atoms with Gasteiger partial charge in [0.25, 0.3) is 0 Å². The topological polar surface area (TPSA) is 24.1 Å². The quantitative estimate of drug-likeness (QED) is 0.604. The maximum atomic E-state index is 3.59. The molecular weight excluding hydrogens is 184 g/mol. The molecule has 15 heavy (non-hydrogen) atoms. The fourth-order valence-electron chi connectivity index (χ4n) is 2.34. The molecule has 0 spiro atoms. The van der Waals surface area contributed by atoms with Crippen LogP contribution in [0.25, 0.3) is 0 Å². The van der Waals surface area contributed by atoms with E-state index in [1.165, 1.54) is 71.1 Å². The highest BCUT2D eigenvalue weighted by molar-refractivity contribution is 4.67. The Bertz CT molecular complexity index is 130. The molecule has 0 unspecified atom stereocenters. The highest BCUT2D eigenvalue weighted by Gasteiger charge is 2.11. The standard InChI is InChI=1S/C13H28N2/c1-2-9-14-10-6-11-15-12-13-7-4-3-5-8-13/h13-15H,2-12H2,1H3. The summed E-state index contributed by atoms with van der Waals surface area (Å²) in [5.41, 5.74) is 0. The minimum Gasteiger partial charge on any atom is -0.317 e. The molecule has 0 atom stereocenters. The highest BCUT2D eigenvalue weighted by Crippen LogP contribution is 2.22. The highest BCUT2D eigenvalue weighted by atomic mass is 14.9. The van der Waals surface area contributed by atoms with Gasteiger partial charge in [-0.2, -0.15) is 0 Å². The first-order valence-electron chi connectivity index (χ1n) is 6.85. The van der Waals surface area contributed by atoms with Crippen LogP contribution >= 0.6 is 0 Å². The zero-order chi connectivity index (χ0) is 10.8. The van der Waals surface area contributed by atoms with Crippen molar-refractivity contribution in [1.29, 1.82) is 0 Å². The first kappa shape index (κ1) is 13.0. The first-order valence-corrected chi connectivity index (χ1v) is 6.85. The van der Waals surface area contributed by atoms with Crippen LogP contribution in [0.1, 0.15) is 51.9 Å². The molecule has 0 aromatic heterocycles. The number of hydrogen-bond acceptors (Lipinski definition) is 2. The van der Waals surface area contributed by atoms with Gasteiger partial charge in [0.2, 0.25) is 0 Å². The van der Waals surface area contributed by atoms with Crippen molar-refractivity contribution in [3.05, 3.63) is 0 Å². The van der Waals surface area contributed by atoms with Crippen LogP contribution in [-0.2, 0) is 0 Å². The lowest BCUT2D eigenvalue weighted by Crippen LogP contribution is -2.27. The number of nitrogens with one attached hydrogen (secondary N) is 2. The molecule has 0 radical (unpaired) electrons. The van der Waals surface area contributed by atoms with Gasteiger partial charge in [-0.1, -0.05) is 26.2 Å². The second kappa shape index (κ2) is 9.17. The molecule has 0 bridgehead atoms. The summed E-state index contributed by atoms with van der Waals surface area (Å²) in [6.07, 6.45) is 9.83. The van der Waals surface area contributed by atoms with Crippen LogP contribution in [0.2, 0.25) is 0 Å². The molecule has 90 valence electrons. The van der Waals surface area contributed by atoms with Crippen molar-refractivity contribution in [3.63, 3.8) is 0 Å². The number of rotatable bonds is 8. The van der Waals surface area contributed by atoms with Crippen LogP contribution in [0.3, 0.4) is 0 Å². The summed E-state index contributed by atoms with van der Waals surface area (Å²) in [4.78, 5) is 0. The lowest BCUT2D eigenvalue weighted by atomic mass is 9.89. The van der Waals surface area contributed by atoms with E-state index in [0.717, 1.165) is 5.92 Å². The maximum absolute atomic E-state index is 3.59. The molecule has 1 aliphatic rings. The molecule has 1 aliphatic carbocycles. The summed E-state index contributed by atoms with van der Waals surface area (Å²) < 4.78 is 0. The van der Waals surface area contributed by atoms with E-state index in [1.807, 2.05) is 0 Å². The van der Waals surface area contributed by atoms with Crippen molar-refractivity contribution < 1.29 is 0 Å². The van der Waals surface area contributed by atoms with E-state index in [9.17, 15) is 0 Å². The van der Waals surface area contributed by atoms with Gasteiger partial charge in [-0.05, 0) is 57.8 Å². The minimum absolute atomic E-state index is 0.974. The monoisotopic (exact) mass is 212 g/mol. The Hall–Kier alpha value is -0.0800. The molecule has 0 amide bonds. The fourth-order valence-corrected chi connectivity index (χ4v) is 2.34. The van der Waals surface area contributed by atoms with E-state index in [0.29, 0.717) is 0 Å². The third-order valence-corrected chi connectivity index (χ3v) is 3.29. The Labute approximate surface area is 95.2 Å². The zero-order valence-corrected chi connectivity index (χ0v) is 10.4. The van der Waals surface area contributed by atoms with Crippen LogP contribution in [0.4, 0.5) is 0 Å². The average Bonchev–Trinajstić information content (AvgIpc) is 2.29. The van der Waals surface area contributed by atoms with Gasteiger partial charge in [-0.25, -0.2) is 0 Å². The lowest BCUT2D eigenvalue weighted by Gasteiger charge is -2.21. The first-order chi connectivity index (χ1) is 7.43. The molecule has 0 heterocycles. The Balaban J connectivity index is 1.79. The molecule has 0 aliphatic heterocycles.